The lowest BCUT2D eigenvalue weighted by atomic mass is 9.82. The summed E-state index contributed by atoms with van der Waals surface area (Å²) in [5.41, 5.74) is 0.0255. The first-order valence-electron chi connectivity index (χ1n) is 4.27. The van der Waals surface area contributed by atoms with Gasteiger partial charge in [0.1, 0.15) is 0 Å². The van der Waals surface area contributed by atoms with Crippen molar-refractivity contribution in [3.63, 3.8) is 0 Å². The van der Waals surface area contributed by atoms with E-state index in [2.05, 4.69) is 20.8 Å². The molecule has 0 radical (unpaired) electrons. The molecule has 0 aromatic heterocycles. The first-order chi connectivity index (χ1) is 5.10. The Balaban J connectivity index is 2.64. The van der Waals surface area contributed by atoms with Gasteiger partial charge < -0.3 is 9.47 Å². The molecule has 2 heteroatoms. The first kappa shape index (κ1) is 9.01. The molecule has 1 fully saturated rings. The van der Waals surface area contributed by atoms with Crippen LogP contribution in [0.3, 0.4) is 0 Å². The number of hydrogen-bond donors (Lipinski definition) is 0. The van der Waals surface area contributed by atoms with E-state index in [4.69, 9.17) is 9.47 Å². The van der Waals surface area contributed by atoms with Crippen molar-refractivity contribution in [2.24, 2.45) is 5.92 Å². The highest BCUT2D eigenvalue weighted by molar-refractivity contribution is 4.87. The van der Waals surface area contributed by atoms with Crippen molar-refractivity contribution in [2.75, 3.05) is 13.7 Å². The summed E-state index contributed by atoms with van der Waals surface area (Å²) in [5.74, 6) is 0.487. The monoisotopic (exact) mass is 158 g/mol. The zero-order valence-corrected chi connectivity index (χ0v) is 7.89. The quantitative estimate of drug-likeness (QED) is 0.579. The van der Waals surface area contributed by atoms with Crippen molar-refractivity contribution >= 4 is 0 Å². The van der Waals surface area contributed by atoms with Crippen molar-refractivity contribution in [3.05, 3.63) is 0 Å². The maximum absolute atomic E-state index is 5.51. The third kappa shape index (κ3) is 1.57. The maximum Gasteiger partial charge on any atom is 0.0722 e. The van der Waals surface area contributed by atoms with E-state index in [1.807, 2.05) is 0 Å². The van der Waals surface area contributed by atoms with E-state index < -0.39 is 0 Å². The molecule has 0 saturated carbocycles. The van der Waals surface area contributed by atoms with Crippen molar-refractivity contribution < 1.29 is 9.47 Å². The van der Waals surface area contributed by atoms with Gasteiger partial charge in [-0.3, -0.25) is 0 Å². The van der Waals surface area contributed by atoms with Crippen LogP contribution in [0, 0.1) is 5.92 Å². The van der Waals surface area contributed by atoms with Crippen molar-refractivity contribution in [3.8, 4) is 0 Å². The molecular weight excluding hydrogens is 140 g/mol. The normalized spacial score (nSPS) is 45.8. The lowest BCUT2D eigenvalue weighted by Gasteiger charge is -2.42. The molecule has 0 bridgehead atoms. The van der Waals surface area contributed by atoms with E-state index in [0.717, 1.165) is 13.0 Å². The van der Waals surface area contributed by atoms with E-state index in [1.165, 1.54) is 0 Å². The van der Waals surface area contributed by atoms with Gasteiger partial charge in [-0.25, -0.2) is 0 Å². The van der Waals surface area contributed by atoms with Crippen LogP contribution in [-0.4, -0.2) is 25.4 Å². The Bertz CT molecular complexity index is 136. The van der Waals surface area contributed by atoms with E-state index in [1.54, 1.807) is 7.11 Å². The topological polar surface area (TPSA) is 18.5 Å². The number of methoxy groups -OCH3 is 1. The Morgan fingerprint density at radius 3 is 2.55 bits per heavy atom. The third-order valence-corrected chi connectivity index (χ3v) is 3.11. The Kier molecular flexibility index (Phi) is 2.55. The molecule has 0 amide bonds. The summed E-state index contributed by atoms with van der Waals surface area (Å²) >= 11 is 0. The number of ether oxygens (including phenoxy) is 2. The predicted octanol–water partition coefficient (Wildman–Crippen LogP) is 1.84. The van der Waals surface area contributed by atoms with Crippen LogP contribution in [0.25, 0.3) is 0 Å². The minimum absolute atomic E-state index is 0.0255. The summed E-state index contributed by atoms with van der Waals surface area (Å²) in [7, 11) is 1.79. The van der Waals surface area contributed by atoms with E-state index in [9.17, 15) is 0 Å². The maximum atomic E-state index is 5.51. The Morgan fingerprint density at radius 1 is 1.45 bits per heavy atom. The van der Waals surface area contributed by atoms with E-state index >= 15 is 0 Å². The SMILES string of the molecule is CO[C@]1(C)CCOC(C)[C@@H]1C. The third-order valence-electron chi connectivity index (χ3n) is 3.11. The Hall–Kier alpha value is -0.0800. The average Bonchev–Trinajstić information content (AvgIpc) is 2.00. The number of hydrogen-bond acceptors (Lipinski definition) is 2. The molecule has 0 aromatic carbocycles. The van der Waals surface area contributed by atoms with Gasteiger partial charge in [0.25, 0.3) is 0 Å². The fourth-order valence-corrected chi connectivity index (χ4v) is 1.60. The van der Waals surface area contributed by atoms with Crippen LogP contribution in [0.2, 0.25) is 0 Å². The van der Waals surface area contributed by atoms with Gasteiger partial charge in [0.15, 0.2) is 0 Å². The van der Waals surface area contributed by atoms with Crippen LogP contribution in [0.5, 0.6) is 0 Å². The molecule has 1 aliphatic rings. The summed E-state index contributed by atoms with van der Waals surface area (Å²) in [6, 6.07) is 0. The molecule has 3 atom stereocenters. The minimum atomic E-state index is 0.0255. The van der Waals surface area contributed by atoms with Gasteiger partial charge in [-0.15, -0.1) is 0 Å². The molecule has 11 heavy (non-hydrogen) atoms. The summed E-state index contributed by atoms with van der Waals surface area (Å²) in [5, 5.41) is 0. The highest BCUT2D eigenvalue weighted by atomic mass is 16.5. The molecule has 1 saturated heterocycles. The molecule has 66 valence electrons. The standard InChI is InChI=1S/C9H18O2/c1-7-8(2)11-6-5-9(7,3)10-4/h7-8H,5-6H2,1-4H3/t7-,8?,9+/m0/s1. The van der Waals surface area contributed by atoms with Gasteiger partial charge in [-0.1, -0.05) is 6.92 Å². The molecular formula is C9H18O2. The van der Waals surface area contributed by atoms with Gasteiger partial charge in [-0.05, 0) is 20.3 Å². The second-order valence-corrected chi connectivity index (χ2v) is 3.63. The molecule has 0 N–H and O–H groups in total. The Labute approximate surface area is 68.9 Å². The summed E-state index contributed by atoms with van der Waals surface area (Å²) in [6.07, 6.45) is 1.34. The molecule has 0 spiro atoms. The lowest BCUT2D eigenvalue weighted by Crippen LogP contribution is -2.46. The molecule has 1 heterocycles. The van der Waals surface area contributed by atoms with Gasteiger partial charge in [0.2, 0.25) is 0 Å². The van der Waals surface area contributed by atoms with Crippen molar-refractivity contribution in [2.45, 2.75) is 38.9 Å². The summed E-state index contributed by atoms with van der Waals surface area (Å²) < 4.78 is 11.0. The second-order valence-electron chi connectivity index (χ2n) is 3.63. The zero-order chi connectivity index (χ0) is 8.48. The zero-order valence-electron chi connectivity index (χ0n) is 7.89. The lowest BCUT2D eigenvalue weighted by molar-refractivity contribution is -0.148. The molecule has 0 aliphatic carbocycles. The molecule has 2 nitrogen and oxygen atoms in total. The Morgan fingerprint density at radius 2 is 2.09 bits per heavy atom. The average molecular weight is 158 g/mol. The highest BCUT2D eigenvalue weighted by Crippen LogP contribution is 2.32. The van der Waals surface area contributed by atoms with Crippen LogP contribution < -0.4 is 0 Å². The highest BCUT2D eigenvalue weighted by Gasteiger charge is 2.38. The van der Waals surface area contributed by atoms with Crippen LogP contribution >= 0.6 is 0 Å². The predicted molar refractivity (Wildman–Crippen MR) is 44.6 cm³/mol. The minimum Gasteiger partial charge on any atom is -0.378 e. The van der Waals surface area contributed by atoms with Gasteiger partial charge in [-0.2, -0.15) is 0 Å². The largest absolute Gasteiger partial charge is 0.378 e. The van der Waals surface area contributed by atoms with E-state index in [0.29, 0.717) is 12.0 Å². The van der Waals surface area contributed by atoms with Crippen LogP contribution in [0.15, 0.2) is 0 Å². The van der Waals surface area contributed by atoms with Crippen LogP contribution in [0.1, 0.15) is 27.2 Å². The fourth-order valence-electron chi connectivity index (χ4n) is 1.60. The summed E-state index contributed by atoms with van der Waals surface area (Å²) in [4.78, 5) is 0. The van der Waals surface area contributed by atoms with Gasteiger partial charge in [0.05, 0.1) is 11.7 Å². The van der Waals surface area contributed by atoms with Crippen LogP contribution in [-0.2, 0) is 9.47 Å². The van der Waals surface area contributed by atoms with Crippen molar-refractivity contribution in [1.82, 2.24) is 0 Å². The molecule has 1 aliphatic heterocycles. The van der Waals surface area contributed by atoms with Gasteiger partial charge >= 0.3 is 0 Å². The van der Waals surface area contributed by atoms with Crippen molar-refractivity contribution in [1.29, 1.82) is 0 Å². The fraction of sp³-hybridized carbons (Fsp3) is 1.00. The molecule has 0 aromatic rings. The number of rotatable bonds is 1. The second kappa shape index (κ2) is 3.11. The first-order valence-corrected chi connectivity index (χ1v) is 4.27. The van der Waals surface area contributed by atoms with Gasteiger partial charge in [0, 0.05) is 19.6 Å². The van der Waals surface area contributed by atoms with Crippen LogP contribution in [0.4, 0.5) is 0 Å². The van der Waals surface area contributed by atoms with E-state index in [-0.39, 0.29) is 5.60 Å². The molecule has 1 rings (SSSR count). The smallest absolute Gasteiger partial charge is 0.0722 e. The summed E-state index contributed by atoms with van der Waals surface area (Å²) in [6.45, 7) is 7.29. The molecule has 1 unspecified atom stereocenters.